The van der Waals surface area contributed by atoms with Crippen LogP contribution in [0.3, 0.4) is 0 Å². The summed E-state index contributed by atoms with van der Waals surface area (Å²) in [5, 5.41) is 18.2. The Balaban J connectivity index is 1.90. The Kier molecular flexibility index (Phi) is 5.27. The van der Waals surface area contributed by atoms with E-state index in [0.717, 1.165) is 22.2 Å². The number of nitrogens with zero attached hydrogens (tertiary/aromatic N) is 4. The van der Waals surface area contributed by atoms with Gasteiger partial charge < -0.3 is 10.6 Å². The molecule has 0 aliphatic carbocycles. The maximum Gasteiger partial charge on any atom is 0.353 e. The predicted octanol–water partition coefficient (Wildman–Crippen LogP) is 4.50. The minimum absolute atomic E-state index is 0.133. The number of fused-ring (bicyclic) bond motifs is 1. The number of nitrogens with one attached hydrogen (secondary N) is 2. The number of rotatable bonds is 7. The zero-order valence-corrected chi connectivity index (χ0v) is 15.6. The molecule has 0 bridgehead atoms. The van der Waals surface area contributed by atoms with Gasteiger partial charge in [0.15, 0.2) is 5.13 Å². The molecule has 0 fully saturated rings. The average Bonchev–Trinajstić information content (AvgIpc) is 2.98. The number of thiazole rings is 1. The Morgan fingerprint density at radius 2 is 2.04 bits per heavy atom. The van der Waals surface area contributed by atoms with Gasteiger partial charge in [0.25, 0.3) is 0 Å². The summed E-state index contributed by atoms with van der Waals surface area (Å²) in [5.74, 6) is 0.839. The Bertz CT molecular complexity index is 940. The van der Waals surface area contributed by atoms with Gasteiger partial charge in [0, 0.05) is 6.54 Å². The third kappa shape index (κ3) is 3.88. The van der Waals surface area contributed by atoms with Crippen molar-refractivity contribution in [2.75, 3.05) is 17.2 Å². The number of anilines is 3. The molecule has 136 valence electrons. The molecule has 0 saturated carbocycles. The number of nitro groups is 1. The van der Waals surface area contributed by atoms with Crippen molar-refractivity contribution in [3.05, 3.63) is 40.2 Å². The number of para-hydroxylation sites is 1. The van der Waals surface area contributed by atoms with Crippen LogP contribution in [0.15, 0.2) is 24.5 Å². The van der Waals surface area contributed by atoms with E-state index in [9.17, 15) is 10.1 Å². The molecule has 0 spiro atoms. The molecule has 9 heteroatoms. The molecule has 0 unspecified atom stereocenters. The normalized spacial score (nSPS) is 11.1. The van der Waals surface area contributed by atoms with E-state index in [0.29, 0.717) is 17.6 Å². The van der Waals surface area contributed by atoms with Crippen LogP contribution in [0, 0.1) is 23.0 Å². The molecule has 0 radical (unpaired) electrons. The third-order valence-corrected chi connectivity index (χ3v) is 4.80. The van der Waals surface area contributed by atoms with Crippen LogP contribution >= 0.6 is 11.3 Å². The van der Waals surface area contributed by atoms with Gasteiger partial charge in [0.2, 0.25) is 11.6 Å². The molecular weight excluding hydrogens is 352 g/mol. The standard InChI is InChI=1S/C17H20N6O2S/c1-10(2)7-8-18-15-14(23(24)25)16(20-9-19-15)22-17-21-13-11(3)5-4-6-12(13)26-17/h4-6,9-10H,7-8H2,1-3H3,(H2,18,19,20,21,22). The second-order valence-electron chi connectivity index (χ2n) is 6.35. The van der Waals surface area contributed by atoms with E-state index < -0.39 is 4.92 Å². The van der Waals surface area contributed by atoms with E-state index in [1.807, 2.05) is 25.1 Å². The molecule has 26 heavy (non-hydrogen) atoms. The number of aryl methyl sites for hydroxylation is 1. The molecule has 1 aromatic carbocycles. The SMILES string of the molecule is Cc1cccc2sc(Nc3ncnc(NCCC(C)C)c3[N+](=O)[O-])nc12. The summed E-state index contributed by atoms with van der Waals surface area (Å²) in [7, 11) is 0. The van der Waals surface area contributed by atoms with Crippen molar-refractivity contribution in [1.29, 1.82) is 0 Å². The van der Waals surface area contributed by atoms with Crippen molar-refractivity contribution >= 4 is 44.0 Å². The summed E-state index contributed by atoms with van der Waals surface area (Å²) in [5.41, 5.74) is 1.76. The van der Waals surface area contributed by atoms with Gasteiger partial charge in [-0.15, -0.1) is 0 Å². The van der Waals surface area contributed by atoms with E-state index >= 15 is 0 Å². The van der Waals surface area contributed by atoms with E-state index in [-0.39, 0.29) is 17.3 Å². The molecule has 0 aliphatic rings. The van der Waals surface area contributed by atoms with Gasteiger partial charge in [0.1, 0.15) is 6.33 Å². The summed E-state index contributed by atoms with van der Waals surface area (Å²) in [6, 6.07) is 5.91. The van der Waals surface area contributed by atoms with E-state index in [4.69, 9.17) is 0 Å². The Morgan fingerprint density at radius 3 is 2.73 bits per heavy atom. The van der Waals surface area contributed by atoms with Crippen molar-refractivity contribution < 1.29 is 4.92 Å². The first kappa shape index (κ1) is 18.0. The lowest BCUT2D eigenvalue weighted by molar-refractivity contribution is -0.383. The van der Waals surface area contributed by atoms with Crippen LogP contribution < -0.4 is 10.6 Å². The maximum atomic E-state index is 11.6. The lowest BCUT2D eigenvalue weighted by atomic mass is 10.1. The first-order valence-corrected chi connectivity index (χ1v) is 9.13. The van der Waals surface area contributed by atoms with Crippen LogP contribution in [0.4, 0.5) is 22.5 Å². The number of aromatic nitrogens is 3. The molecule has 2 N–H and O–H groups in total. The molecule has 3 aromatic rings. The molecule has 0 atom stereocenters. The maximum absolute atomic E-state index is 11.6. The largest absolute Gasteiger partial charge is 0.364 e. The van der Waals surface area contributed by atoms with Crippen LogP contribution in [0.25, 0.3) is 10.2 Å². The molecule has 3 rings (SSSR count). The van der Waals surface area contributed by atoms with Gasteiger partial charge in [0.05, 0.1) is 15.1 Å². The highest BCUT2D eigenvalue weighted by Crippen LogP contribution is 2.34. The Hall–Kier alpha value is -2.81. The quantitative estimate of drug-likeness (QED) is 0.464. The summed E-state index contributed by atoms with van der Waals surface area (Å²) >= 11 is 1.43. The van der Waals surface area contributed by atoms with E-state index in [1.165, 1.54) is 17.7 Å². The molecule has 2 heterocycles. The minimum atomic E-state index is -0.474. The van der Waals surface area contributed by atoms with Crippen molar-refractivity contribution in [3.63, 3.8) is 0 Å². The van der Waals surface area contributed by atoms with Crippen LogP contribution in [0.5, 0.6) is 0 Å². The second-order valence-corrected chi connectivity index (χ2v) is 7.38. The molecule has 2 aromatic heterocycles. The first-order valence-electron chi connectivity index (χ1n) is 8.32. The molecular formula is C17H20N6O2S. The van der Waals surface area contributed by atoms with E-state index in [1.54, 1.807) is 0 Å². The third-order valence-electron chi connectivity index (χ3n) is 3.87. The van der Waals surface area contributed by atoms with Crippen LogP contribution in [-0.4, -0.2) is 26.4 Å². The monoisotopic (exact) mass is 372 g/mol. The first-order chi connectivity index (χ1) is 12.5. The Labute approximate surface area is 154 Å². The summed E-state index contributed by atoms with van der Waals surface area (Å²) < 4.78 is 1.01. The topological polar surface area (TPSA) is 106 Å². The van der Waals surface area contributed by atoms with Gasteiger partial charge in [-0.05, 0) is 30.9 Å². The highest BCUT2D eigenvalue weighted by molar-refractivity contribution is 7.22. The molecule has 0 amide bonds. The zero-order valence-electron chi connectivity index (χ0n) is 14.8. The summed E-state index contributed by atoms with van der Waals surface area (Å²) in [4.78, 5) is 23.7. The fourth-order valence-corrected chi connectivity index (χ4v) is 3.44. The second kappa shape index (κ2) is 7.61. The predicted molar refractivity (Wildman–Crippen MR) is 104 cm³/mol. The number of benzene rings is 1. The summed E-state index contributed by atoms with van der Waals surface area (Å²) in [6.45, 7) is 6.78. The highest BCUT2D eigenvalue weighted by atomic mass is 32.1. The Morgan fingerprint density at radius 1 is 1.27 bits per heavy atom. The van der Waals surface area contributed by atoms with Crippen LogP contribution in [0.2, 0.25) is 0 Å². The molecule has 8 nitrogen and oxygen atoms in total. The van der Waals surface area contributed by atoms with Gasteiger partial charge in [-0.3, -0.25) is 10.1 Å². The van der Waals surface area contributed by atoms with Crippen molar-refractivity contribution in [3.8, 4) is 0 Å². The van der Waals surface area contributed by atoms with Gasteiger partial charge in [-0.1, -0.05) is 37.3 Å². The highest BCUT2D eigenvalue weighted by Gasteiger charge is 2.23. The van der Waals surface area contributed by atoms with Gasteiger partial charge in [-0.2, -0.15) is 0 Å². The fraction of sp³-hybridized carbons (Fsp3) is 0.353. The van der Waals surface area contributed by atoms with E-state index in [2.05, 4.69) is 39.4 Å². The van der Waals surface area contributed by atoms with Crippen LogP contribution in [-0.2, 0) is 0 Å². The van der Waals surface area contributed by atoms with Crippen LogP contribution in [0.1, 0.15) is 25.8 Å². The van der Waals surface area contributed by atoms with Crippen molar-refractivity contribution in [2.45, 2.75) is 27.2 Å². The fourth-order valence-electron chi connectivity index (χ4n) is 2.49. The lowest BCUT2D eigenvalue weighted by Crippen LogP contribution is -2.10. The smallest absolute Gasteiger partial charge is 0.353 e. The average molecular weight is 372 g/mol. The molecule has 0 aliphatic heterocycles. The van der Waals surface area contributed by atoms with Gasteiger partial charge in [-0.25, -0.2) is 15.0 Å². The number of hydrogen-bond donors (Lipinski definition) is 2. The lowest BCUT2D eigenvalue weighted by Gasteiger charge is -2.09. The van der Waals surface area contributed by atoms with Crippen molar-refractivity contribution in [2.24, 2.45) is 5.92 Å². The van der Waals surface area contributed by atoms with Crippen molar-refractivity contribution in [1.82, 2.24) is 15.0 Å². The van der Waals surface area contributed by atoms with Gasteiger partial charge >= 0.3 is 5.69 Å². The zero-order chi connectivity index (χ0) is 18.7. The molecule has 0 saturated heterocycles. The summed E-state index contributed by atoms with van der Waals surface area (Å²) in [6.07, 6.45) is 2.20. The number of hydrogen-bond acceptors (Lipinski definition) is 8. The minimum Gasteiger partial charge on any atom is -0.364 e.